The summed E-state index contributed by atoms with van der Waals surface area (Å²) in [7, 11) is 0. The predicted molar refractivity (Wildman–Crippen MR) is 69.2 cm³/mol. The maximum atomic E-state index is 11.1. The van der Waals surface area contributed by atoms with Crippen LogP contribution in [0.25, 0.3) is 5.69 Å². The van der Waals surface area contributed by atoms with Crippen molar-refractivity contribution in [3.05, 3.63) is 48.3 Å². The Morgan fingerprint density at radius 1 is 1.21 bits per heavy atom. The number of hydrogen-bond acceptors (Lipinski definition) is 2. The van der Waals surface area contributed by atoms with E-state index in [1.54, 1.807) is 0 Å². The molecule has 0 aliphatic heterocycles. The molecule has 0 unspecified atom stereocenters. The van der Waals surface area contributed by atoms with Crippen LogP contribution in [0.1, 0.15) is 24.8 Å². The van der Waals surface area contributed by atoms with Crippen molar-refractivity contribution in [1.29, 1.82) is 0 Å². The molecule has 0 atom stereocenters. The molecule has 0 amide bonds. The van der Waals surface area contributed by atoms with Gasteiger partial charge in [-0.3, -0.25) is 4.79 Å². The highest BCUT2D eigenvalue weighted by molar-refractivity contribution is 5.80. The fourth-order valence-corrected chi connectivity index (χ4v) is 3.64. The molecule has 3 fully saturated rings. The average molecular weight is 254 g/mol. The van der Waals surface area contributed by atoms with Gasteiger partial charge in [-0.05, 0) is 37.0 Å². The molecule has 0 saturated heterocycles. The van der Waals surface area contributed by atoms with Crippen molar-refractivity contribution in [3.8, 4) is 5.69 Å². The normalized spacial score (nSPS) is 31.4. The van der Waals surface area contributed by atoms with Crippen LogP contribution in [0.3, 0.4) is 0 Å². The largest absolute Gasteiger partial charge is 0.481 e. The molecule has 3 aliphatic carbocycles. The molecular formula is C15H14N2O2. The summed E-state index contributed by atoms with van der Waals surface area (Å²) in [6.45, 7) is 0. The Kier molecular flexibility index (Phi) is 1.85. The highest BCUT2D eigenvalue weighted by Crippen LogP contribution is 2.73. The summed E-state index contributed by atoms with van der Waals surface area (Å²) in [6, 6.07) is 9.97. The third kappa shape index (κ3) is 1.28. The van der Waals surface area contributed by atoms with E-state index in [0.29, 0.717) is 0 Å². The minimum Gasteiger partial charge on any atom is -0.481 e. The monoisotopic (exact) mass is 254 g/mol. The molecule has 1 N–H and O–H groups in total. The molecule has 2 aromatic rings. The average Bonchev–Trinajstić information content (AvgIpc) is 2.76. The number of aliphatic carboxylic acids is 1. The van der Waals surface area contributed by atoms with Crippen molar-refractivity contribution in [3.63, 3.8) is 0 Å². The second-order valence-corrected chi connectivity index (χ2v) is 5.91. The van der Waals surface area contributed by atoms with Gasteiger partial charge in [0, 0.05) is 11.6 Å². The first-order valence-electron chi connectivity index (χ1n) is 6.48. The lowest BCUT2D eigenvalue weighted by Gasteiger charge is -2.68. The zero-order valence-electron chi connectivity index (χ0n) is 10.4. The smallest absolute Gasteiger partial charge is 0.309 e. The first kappa shape index (κ1) is 10.8. The number of rotatable bonds is 3. The third-order valence-corrected chi connectivity index (χ3v) is 4.70. The lowest BCUT2D eigenvalue weighted by atomic mass is 9.34. The molecule has 96 valence electrons. The number of benzene rings is 1. The summed E-state index contributed by atoms with van der Waals surface area (Å²) in [4.78, 5) is 11.1. The topological polar surface area (TPSA) is 55.1 Å². The van der Waals surface area contributed by atoms with E-state index in [1.807, 2.05) is 47.4 Å². The van der Waals surface area contributed by atoms with Crippen LogP contribution in [0.4, 0.5) is 0 Å². The summed E-state index contributed by atoms with van der Waals surface area (Å²) in [5, 5.41) is 13.6. The Balaban J connectivity index is 1.60. The van der Waals surface area contributed by atoms with Gasteiger partial charge in [0.2, 0.25) is 0 Å². The van der Waals surface area contributed by atoms with Gasteiger partial charge in [0.25, 0.3) is 0 Å². The summed E-state index contributed by atoms with van der Waals surface area (Å²) in [6.07, 6.45) is 6.25. The van der Waals surface area contributed by atoms with Crippen molar-refractivity contribution < 1.29 is 9.90 Å². The molecule has 0 spiro atoms. The van der Waals surface area contributed by atoms with Crippen LogP contribution in [0.2, 0.25) is 0 Å². The van der Waals surface area contributed by atoms with Crippen LogP contribution in [0, 0.1) is 5.41 Å². The van der Waals surface area contributed by atoms with Crippen LogP contribution in [-0.4, -0.2) is 20.9 Å². The molecule has 5 rings (SSSR count). The van der Waals surface area contributed by atoms with Gasteiger partial charge < -0.3 is 5.11 Å². The van der Waals surface area contributed by atoms with Crippen LogP contribution in [0.15, 0.2) is 42.7 Å². The van der Waals surface area contributed by atoms with E-state index in [-0.39, 0.29) is 5.41 Å². The summed E-state index contributed by atoms with van der Waals surface area (Å²) in [5.74, 6) is -0.634. The molecule has 19 heavy (non-hydrogen) atoms. The van der Waals surface area contributed by atoms with E-state index in [1.165, 1.54) is 5.56 Å². The van der Waals surface area contributed by atoms with Gasteiger partial charge in [-0.25, -0.2) is 4.68 Å². The molecule has 4 nitrogen and oxygen atoms in total. The number of carbonyl (C=O) groups is 1. The zero-order chi connectivity index (χ0) is 13.1. The maximum Gasteiger partial charge on any atom is 0.309 e. The fraction of sp³-hybridized carbons (Fsp3) is 0.333. The van der Waals surface area contributed by atoms with Crippen LogP contribution >= 0.6 is 0 Å². The quantitative estimate of drug-likeness (QED) is 0.915. The predicted octanol–water partition coefficient (Wildman–Crippen LogP) is 2.38. The fourth-order valence-electron chi connectivity index (χ4n) is 3.64. The zero-order valence-corrected chi connectivity index (χ0v) is 10.4. The molecule has 1 heterocycles. The molecular weight excluding hydrogens is 240 g/mol. The van der Waals surface area contributed by atoms with Gasteiger partial charge >= 0.3 is 5.97 Å². The first-order valence-corrected chi connectivity index (χ1v) is 6.48. The molecule has 1 aromatic carbocycles. The van der Waals surface area contributed by atoms with Gasteiger partial charge in [0.1, 0.15) is 0 Å². The Morgan fingerprint density at radius 2 is 1.89 bits per heavy atom. The molecule has 3 saturated carbocycles. The van der Waals surface area contributed by atoms with Gasteiger partial charge in [-0.1, -0.05) is 18.2 Å². The molecule has 4 heteroatoms. The number of aromatic nitrogens is 2. The first-order chi connectivity index (χ1) is 9.14. The molecule has 0 radical (unpaired) electrons. The van der Waals surface area contributed by atoms with E-state index >= 15 is 0 Å². The molecule has 2 bridgehead atoms. The van der Waals surface area contributed by atoms with E-state index in [2.05, 4.69) is 5.10 Å². The Morgan fingerprint density at radius 3 is 2.53 bits per heavy atom. The number of carboxylic acids is 1. The second-order valence-electron chi connectivity index (χ2n) is 5.91. The van der Waals surface area contributed by atoms with E-state index < -0.39 is 11.4 Å². The van der Waals surface area contributed by atoms with Crippen molar-refractivity contribution >= 4 is 5.97 Å². The van der Waals surface area contributed by atoms with Crippen LogP contribution < -0.4 is 0 Å². The number of para-hydroxylation sites is 1. The standard InChI is InChI=1S/C15H14N2O2/c18-13(19)15-8-14(9-15,10-15)11-6-16-17(7-11)12-4-2-1-3-5-12/h1-7H,8-10H2,(H,18,19). The SMILES string of the molecule is O=C(O)C12CC(c3cnn(-c4ccccc4)c3)(C1)C2. The Hall–Kier alpha value is -2.10. The maximum absolute atomic E-state index is 11.1. The highest BCUT2D eigenvalue weighted by atomic mass is 16.4. The highest BCUT2D eigenvalue weighted by Gasteiger charge is 2.72. The van der Waals surface area contributed by atoms with Crippen LogP contribution in [0.5, 0.6) is 0 Å². The second kappa shape index (κ2) is 3.26. The minimum atomic E-state index is -0.634. The van der Waals surface area contributed by atoms with Gasteiger partial charge in [0.15, 0.2) is 0 Å². The molecule has 3 aliphatic rings. The third-order valence-electron chi connectivity index (χ3n) is 4.70. The van der Waals surface area contributed by atoms with Gasteiger partial charge in [0.05, 0.1) is 17.3 Å². The number of carboxylic acid groups (broad SMARTS) is 1. The number of hydrogen-bond donors (Lipinski definition) is 1. The Bertz CT molecular complexity index is 640. The van der Waals surface area contributed by atoms with Crippen molar-refractivity contribution in [2.24, 2.45) is 5.41 Å². The summed E-state index contributed by atoms with van der Waals surface area (Å²) in [5.41, 5.74) is 1.88. The van der Waals surface area contributed by atoms with Crippen molar-refractivity contribution in [2.45, 2.75) is 24.7 Å². The lowest BCUT2D eigenvalue weighted by Crippen LogP contribution is -2.67. The van der Waals surface area contributed by atoms with E-state index in [0.717, 1.165) is 24.9 Å². The van der Waals surface area contributed by atoms with Gasteiger partial charge in [-0.2, -0.15) is 5.10 Å². The van der Waals surface area contributed by atoms with E-state index in [4.69, 9.17) is 5.11 Å². The summed E-state index contributed by atoms with van der Waals surface area (Å²) < 4.78 is 1.86. The van der Waals surface area contributed by atoms with Crippen molar-refractivity contribution in [1.82, 2.24) is 9.78 Å². The lowest BCUT2D eigenvalue weighted by molar-refractivity contribution is -0.194. The summed E-state index contributed by atoms with van der Waals surface area (Å²) >= 11 is 0. The number of nitrogens with zero attached hydrogens (tertiary/aromatic N) is 2. The Labute approximate surface area is 110 Å². The molecule has 1 aromatic heterocycles. The van der Waals surface area contributed by atoms with Crippen molar-refractivity contribution in [2.75, 3.05) is 0 Å². The van der Waals surface area contributed by atoms with Crippen LogP contribution in [-0.2, 0) is 10.2 Å². The van der Waals surface area contributed by atoms with Gasteiger partial charge in [-0.15, -0.1) is 0 Å². The van der Waals surface area contributed by atoms with E-state index in [9.17, 15) is 4.79 Å². The minimum absolute atomic E-state index is 0.0887.